The molecule has 1 heterocycles. The van der Waals surface area contributed by atoms with Crippen LogP contribution in [-0.4, -0.2) is 55.7 Å². The van der Waals surface area contributed by atoms with E-state index in [1.54, 1.807) is 12.1 Å². The summed E-state index contributed by atoms with van der Waals surface area (Å²) in [7, 11) is 1.83. The lowest BCUT2D eigenvalue weighted by Crippen LogP contribution is -2.40. The Morgan fingerprint density at radius 1 is 1.38 bits per heavy atom. The lowest BCUT2D eigenvalue weighted by atomic mass is 10.1. The van der Waals surface area contributed by atoms with Crippen molar-refractivity contribution in [2.24, 2.45) is 10.9 Å². The highest BCUT2D eigenvalue weighted by Gasteiger charge is 2.24. The average Bonchev–Trinajstić information content (AvgIpc) is 3.12. The van der Waals surface area contributed by atoms with Crippen LogP contribution in [0.1, 0.15) is 31.7 Å². The quantitative estimate of drug-likeness (QED) is 0.240. The zero-order valence-electron chi connectivity index (χ0n) is 15.8. The molecule has 1 aliphatic rings. The molecular weight excluding hydrogens is 332 g/mol. The molecule has 1 fully saturated rings. The number of aryl methyl sites for hydroxylation is 1. The molecule has 0 aliphatic carbocycles. The van der Waals surface area contributed by atoms with Crippen LogP contribution >= 0.6 is 0 Å². The first kappa shape index (κ1) is 20.2. The van der Waals surface area contributed by atoms with E-state index >= 15 is 0 Å². The number of aliphatic imine (C=N–C) groups is 1. The number of non-ortho nitro benzene ring substituents is 1. The maximum absolute atomic E-state index is 10.7. The fourth-order valence-corrected chi connectivity index (χ4v) is 3.22. The number of guanidine groups is 1. The molecule has 1 atom stereocenters. The van der Waals surface area contributed by atoms with Gasteiger partial charge in [0.15, 0.2) is 5.96 Å². The van der Waals surface area contributed by atoms with Gasteiger partial charge in [-0.15, -0.1) is 0 Å². The summed E-state index contributed by atoms with van der Waals surface area (Å²) < 4.78 is 5.53. The molecule has 144 valence electrons. The molecule has 1 aromatic rings. The number of nitrogens with one attached hydrogen (secondary N) is 1. The summed E-state index contributed by atoms with van der Waals surface area (Å²) in [6.07, 6.45) is 4.15. The standard InChI is InChI=1S/C19H30N4O3/c1-3-26-15-17-11-13-22(14-17)19(20-2)21-12-5-4-6-16-7-9-18(10-8-16)23(24)25/h7-10,17H,3-6,11-15H2,1-2H3,(H,20,21). The molecule has 0 saturated carbocycles. The second-order valence-corrected chi connectivity index (χ2v) is 6.61. The van der Waals surface area contributed by atoms with Crippen molar-refractivity contribution in [1.29, 1.82) is 0 Å². The molecule has 0 amide bonds. The Kier molecular flexibility index (Phi) is 8.34. The van der Waals surface area contributed by atoms with E-state index in [9.17, 15) is 10.1 Å². The summed E-state index contributed by atoms with van der Waals surface area (Å²) in [5.74, 6) is 1.56. The third-order valence-corrected chi connectivity index (χ3v) is 4.68. The van der Waals surface area contributed by atoms with Gasteiger partial charge in [-0.05, 0) is 38.2 Å². The molecule has 26 heavy (non-hydrogen) atoms. The van der Waals surface area contributed by atoms with Crippen LogP contribution < -0.4 is 5.32 Å². The maximum atomic E-state index is 10.7. The van der Waals surface area contributed by atoms with E-state index in [1.807, 2.05) is 26.1 Å². The van der Waals surface area contributed by atoms with E-state index in [0.717, 1.165) is 70.1 Å². The van der Waals surface area contributed by atoms with E-state index in [4.69, 9.17) is 4.74 Å². The predicted molar refractivity (Wildman–Crippen MR) is 104 cm³/mol. The number of nitrogens with zero attached hydrogens (tertiary/aromatic N) is 3. The van der Waals surface area contributed by atoms with Gasteiger partial charge in [0.05, 0.1) is 11.5 Å². The molecule has 1 unspecified atom stereocenters. The molecule has 1 aliphatic heterocycles. The summed E-state index contributed by atoms with van der Waals surface area (Å²) in [4.78, 5) is 17.0. The van der Waals surface area contributed by atoms with Crippen molar-refractivity contribution in [2.75, 3.05) is 39.9 Å². The molecule has 0 spiro atoms. The molecule has 7 heteroatoms. The molecule has 7 nitrogen and oxygen atoms in total. The molecule has 1 saturated heterocycles. The van der Waals surface area contributed by atoms with Crippen LogP contribution in [0.2, 0.25) is 0 Å². The smallest absolute Gasteiger partial charge is 0.269 e. The van der Waals surface area contributed by atoms with E-state index < -0.39 is 0 Å². The molecule has 0 bridgehead atoms. The molecule has 0 aromatic heterocycles. The number of unbranched alkanes of at least 4 members (excludes halogenated alkanes) is 1. The highest BCUT2D eigenvalue weighted by Crippen LogP contribution is 2.17. The van der Waals surface area contributed by atoms with Crippen molar-refractivity contribution in [1.82, 2.24) is 10.2 Å². The van der Waals surface area contributed by atoms with Crippen molar-refractivity contribution < 1.29 is 9.66 Å². The summed E-state index contributed by atoms with van der Waals surface area (Å²) in [5.41, 5.74) is 1.28. The van der Waals surface area contributed by atoms with Gasteiger partial charge in [0, 0.05) is 51.3 Å². The van der Waals surface area contributed by atoms with Crippen molar-refractivity contribution in [3.63, 3.8) is 0 Å². The lowest BCUT2D eigenvalue weighted by Gasteiger charge is -2.21. The minimum Gasteiger partial charge on any atom is -0.381 e. The topological polar surface area (TPSA) is 80.0 Å². The van der Waals surface area contributed by atoms with Crippen molar-refractivity contribution >= 4 is 11.6 Å². The van der Waals surface area contributed by atoms with Crippen molar-refractivity contribution in [3.8, 4) is 0 Å². The monoisotopic (exact) mass is 362 g/mol. The van der Waals surface area contributed by atoms with E-state index in [-0.39, 0.29) is 10.6 Å². The third kappa shape index (κ3) is 6.29. The molecule has 1 N–H and O–H groups in total. The first-order valence-electron chi connectivity index (χ1n) is 9.40. The number of likely N-dealkylation sites (tertiary alicyclic amines) is 1. The van der Waals surface area contributed by atoms with Gasteiger partial charge in [0.1, 0.15) is 0 Å². The summed E-state index contributed by atoms with van der Waals surface area (Å²) >= 11 is 0. The first-order valence-corrected chi connectivity index (χ1v) is 9.40. The number of nitro groups is 1. The molecule has 1 aromatic carbocycles. The first-order chi connectivity index (χ1) is 12.6. The Morgan fingerprint density at radius 3 is 2.81 bits per heavy atom. The van der Waals surface area contributed by atoms with Gasteiger partial charge in [0.2, 0.25) is 0 Å². The van der Waals surface area contributed by atoms with E-state index in [2.05, 4.69) is 15.2 Å². The Balaban J connectivity index is 1.64. The fourth-order valence-electron chi connectivity index (χ4n) is 3.22. The van der Waals surface area contributed by atoms with Crippen LogP contribution in [0.15, 0.2) is 29.3 Å². The number of nitro benzene ring substituents is 1. The summed E-state index contributed by atoms with van der Waals surface area (Å²) in [6, 6.07) is 6.82. The average molecular weight is 362 g/mol. The third-order valence-electron chi connectivity index (χ3n) is 4.68. The van der Waals surface area contributed by atoms with Crippen LogP contribution in [0.5, 0.6) is 0 Å². The Hall–Kier alpha value is -2.15. The maximum Gasteiger partial charge on any atom is 0.269 e. The Bertz CT molecular complexity index is 589. The van der Waals surface area contributed by atoms with Gasteiger partial charge in [-0.2, -0.15) is 0 Å². The summed E-state index contributed by atoms with van der Waals surface area (Å²) in [6.45, 7) is 6.55. The zero-order valence-corrected chi connectivity index (χ0v) is 15.8. The van der Waals surface area contributed by atoms with Crippen LogP contribution in [0.3, 0.4) is 0 Å². The minimum atomic E-state index is -0.364. The second kappa shape index (κ2) is 10.8. The largest absolute Gasteiger partial charge is 0.381 e. The van der Waals surface area contributed by atoms with Crippen molar-refractivity contribution in [3.05, 3.63) is 39.9 Å². The van der Waals surface area contributed by atoms with Crippen molar-refractivity contribution in [2.45, 2.75) is 32.6 Å². The van der Waals surface area contributed by atoms with E-state index in [0.29, 0.717) is 5.92 Å². The number of hydrogen-bond donors (Lipinski definition) is 1. The zero-order chi connectivity index (χ0) is 18.8. The number of benzene rings is 1. The number of hydrogen-bond acceptors (Lipinski definition) is 4. The van der Waals surface area contributed by atoms with E-state index in [1.165, 1.54) is 0 Å². The molecule has 2 rings (SSSR count). The van der Waals surface area contributed by atoms with Crippen LogP contribution in [0.4, 0.5) is 5.69 Å². The fraction of sp³-hybridized carbons (Fsp3) is 0.632. The number of ether oxygens (including phenoxy) is 1. The van der Waals surface area contributed by atoms with Crippen LogP contribution in [-0.2, 0) is 11.2 Å². The number of rotatable bonds is 9. The van der Waals surface area contributed by atoms with Gasteiger partial charge in [-0.1, -0.05) is 12.1 Å². The minimum absolute atomic E-state index is 0.146. The van der Waals surface area contributed by atoms with Gasteiger partial charge < -0.3 is 15.0 Å². The Morgan fingerprint density at radius 2 is 2.15 bits per heavy atom. The van der Waals surface area contributed by atoms with Gasteiger partial charge in [-0.3, -0.25) is 15.1 Å². The highest BCUT2D eigenvalue weighted by atomic mass is 16.6. The molecule has 0 radical (unpaired) electrons. The SMILES string of the molecule is CCOCC1CCN(C(=NC)NCCCCc2ccc([N+](=O)[O-])cc2)C1. The predicted octanol–water partition coefficient (Wildman–Crippen LogP) is 2.85. The van der Waals surface area contributed by atoms with Gasteiger partial charge >= 0.3 is 0 Å². The lowest BCUT2D eigenvalue weighted by molar-refractivity contribution is -0.384. The molecular formula is C19H30N4O3. The normalized spacial score (nSPS) is 17.5. The second-order valence-electron chi connectivity index (χ2n) is 6.61. The van der Waals surface area contributed by atoms with Gasteiger partial charge in [0.25, 0.3) is 5.69 Å². The summed E-state index contributed by atoms with van der Waals surface area (Å²) in [5, 5.41) is 14.1. The van der Waals surface area contributed by atoms with Gasteiger partial charge in [-0.25, -0.2) is 0 Å². The Labute approximate surface area is 155 Å². The van der Waals surface area contributed by atoms with Crippen LogP contribution in [0.25, 0.3) is 0 Å². The highest BCUT2D eigenvalue weighted by molar-refractivity contribution is 5.80. The van der Waals surface area contributed by atoms with Crippen LogP contribution in [0, 0.1) is 16.0 Å².